The van der Waals surface area contributed by atoms with Gasteiger partial charge in [-0.2, -0.15) is 0 Å². The number of amides is 2. The zero-order chi connectivity index (χ0) is 22.8. The third kappa shape index (κ3) is 4.46. The summed E-state index contributed by atoms with van der Waals surface area (Å²) in [5, 5.41) is 2.37. The van der Waals surface area contributed by atoms with Gasteiger partial charge >= 0.3 is 0 Å². The molecule has 6 heteroatoms. The number of carbonyl (C=O) groups excluding carboxylic acids is 2. The molecule has 1 aromatic heterocycles. The van der Waals surface area contributed by atoms with E-state index < -0.39 is 0 Å². The lowest BCUT2D eigenvalue weighted by atomic mass is 10.1. The van der Waals surface area contributed by atoms with E-state index in [1.54, 1.807) is 0 Å². The third-order valence-electron chi connectivity index (χ3n) is 6.52. The third-order valence-corrected chi connectivity index (χ3v) is 6.52. The number of fused-ring (bicyclic) bond motifs is 2. The van der Waals surface area contributed by atoms with Crippen molar-refractivity contribution in [2.75, 3.05) is 19.6 Å². The highest BCUT2D eigenvalue weighted by Crippen LogP contribution is 2.19. The van der Waals surface area contributed by atoms with Crippen molar-refractivity contribution in [1.29, 1.82) is 0 Å². The van der Waals surface area contributed by atoms with Crippen LogP contribution < -0.4 is 0 Å². The zero-order valence-corrected chi connectivity index (χ0v) is 18.9. The fraction of sp³-hybridized carbons (Fsp3) is 0.296. The second-order valence-corrected chi connectivity index (χ2v) is 8.68. The molecule has 1 aliphatic heterocycles. The van der Waals surface area contributed by atoms with Gasteiger partial charge < -0.3 is 14.4 Å². The summed E-state index contributed by atoms with van der Waals surface area (Å²) in [4.78, 5) is 34.0. The summed E-state index contributed by atoms with van der Waals surface area (Å²) in [7, 11) is 0. The summed E-state index contributed by atoms with van der Waals surface area (Å²) in [6, 6.07) is 22.6. The van der Waals surface area contributed by atoms with Crippen molar-refractivity contribution in [3.8, 4) is 0 Å². The molecule has 0 radical (unpaired) electrons. The van der Waals surface area contributed by atoms with Crippen molar-refractivity contribution in [1.82, 2.24) is 19.4 Å². The van der Waals surface area contributed by atoms with E-state index in [9.17, 15) is 9.59 Å². The van der Waals surface area contributed by atoms with E-state index in [1.807, 2.05) is 53.1 Å². The van der Waals surface area contributed by atoms with Crippen LogP contribution in [0.15, 0.2) is 66.7 Å². The molecule has 0 aliphatic carbocycles. The predicted octanol–water partition coefficient (Wildman–Crippen LogP) is 4.15. The number of nitrogens with zero attached hydrogens (tertiary/aromatic N) is 4. The molecule has 33 heavy (non-hydrogen) atoms. The van der Waals surface area contributed by atoms with E-state index in [4.69, 9.17) is 0 Å². The minimum absolute atomic E-state index is 0.0903. The monoisotopic (exact) mass is 440 g/mol. The first-order chi connectivity index (χ1) is 16.1. The van der Waals surface area contributed by atoms with Crippen molar-refractivity contribution in [2.24, 2.45) is 0 Å². The number of aryl methyl sites for hydroxylation is 2. The summed E-state index contributed by atoms with van der Waals surface area (Å²) in [6.07, 6.45) is 0.770. The maximum atomic E-state index is 13.0. The van der Waals surface area contributed by atoms with Crippen LogP contribution in [0.4, 0.5) is 0 Å². The summed E-state index contributed by atoms with van der Waals surface area (Å²) < 4.78 is 2.10. The molecule has 1 aliphatic rings. The molecule has 6 nitrogen and oxygen atoms in total. The fourth-order valence-electron chi connectivity index (χ4n) is 4.68. The Kier molecular flexibility index (Phi) is 5.82. The summed E-state index contributed by atoms with van der Waals surface area (Å²) in [5.41, 5.74) is 3.12. The smallest absolute Gasteiger partial charge is 0.224 e. The topological polar surface area (TPSA) is 58.4 Å². The molecule has 2 heterocycles. The Bertz CT molecular complexity index is 1330. The van der Waals surface area contributed by atoms with Crippen molar-refractivity contribution in [2.45, 2.75) is 32.9 Å². The highest BCUT2D eigenvalue weighted by Gasteiger charge is 2.24. The molecule has 0 bridgehead atoms. The average molecular weight is 441 g/mol. The first-order valence-electron chi connectivity index (χ1n) is 11.5. The van der Waals surface area contributed by atoms with Gasteiger partial charge in [0.15, 0.2) is 0 Å². The van der Waals surface area contributed by atoms with Crippen LogP contribution in [0.2, 0.25) is 0 Å². The SMILES string of the molecule is Cc1nc2ccccc2n1CCC(=O)N1CCC(=O)N(Cc2ccc3ccccc3c2)CC1. The van der Waals surface area contributed by atoms with Crippen molar-refractivity contribution >= 4 is 33.6 Å². The summed E-state index contributed by atoms with van der Waals surface area (Å²) >= 11 is 0. The van der Waals surface area contributed by atoms with Gasteiger partial charge in [-0.05, 0) is 41.5 Å². The molecule has 0 N–H and O–H groups in total. The zero-order valence-electron chi connectivity index (χ0n) is 18.9. The number of imidazole rings is 1. The Morgan fingerprint density at radius 2 is 1.73 bits per heavy atom. The van der Waals surface area contributed by atoms with Crippen molar-refractivity contribution in [3.05, 3.63) is 78.1 Å². The number of aromatic nitrogens is 2. The molecule has 1 fully saturated rings. The Labute approximate surface area is 193 Å². The van der Waals surface area contributed by atoms with Crippen LogP contribution in [0.5, 0.6) is 0 Å². The number of rotatable bonds is 5. The van der Waals surface area contributed by atoms with E-state index in [1.165, 1.54) is 10.8 Å². The highest BCUT2D eigenvalue weighted by atomic mass is 16.2. The maximum absolute atomic E-state index is 13.0. The van der Waals surface area contributed by atoms with Crippen molar-refractivity contribution < 1.29 is 9.59 Å². The summed E-state index contributed by atoms with van der Waals surface area (Å²) in [6.45, 7) is 4.75. The minimum atomic E-state index is 0.0903. The van der Waals surface area contributed by atoms with Gasteiger partial charge in [0, 0.05) is 45.6 Å². The van der Waals surface area contributed by atoms with Crippen LogP contribution in [0.3, 0.4) is 0 Å². The van der Waals surface area contributed by atoms with Gasteiger partial charge in [0.25, 0.3) is 0 Å². The predicted molar refractivity (Wildman–Crippen MR) is 130 cm³/mol. The Hall–Kier alpha value is -3.67. The quantitative estimate of drug-likeness (QED) is 0.468. The van der Waals surface area contributed by atoms with Crippen LogP contribution in [0.1, 0.15) is 24.2 Å². The lowest BCUT2D eigenvalue weighted by Crippen LogP contribution is -2.36. The first kappa shape index (κ1) is 21.2. The number of carbonyl (C=O) groups is 2. The fourth-order valence-corrected chi connectivity index (χ4v) is 4.68. The number of hydrogen-bond donors (Lipinski definition) is 0. The van der Waals surface area contributed by atoms with Gasteiger partial charge in [-0.15, -0.1) is 0 Å². The van der Waals surface area contributed by atoms with Crippen LogP contribution in [0, 0.1) is 6.92 Å². The molecule has 5 rings (SSSR count). The van der Waals surface area contributed by atoms with Crippen LogP contribution in [0.25, 0.3) is 21.8 Å². The van der Waals surface area contributed by atoms with E-state index in [-0.39, 0.29) is 11.8 Å². The second kappa shape index (κ2) is 9.06. The number of benzene rings is 3. The van der Waals surface area contributed by atoms with E-state index >= 15 is 0 Å². The highest BCUT2D eigenvalue weighted by molar-refractivity contribution is 5.84. The van der Waals surface area contributed by atoms with Gasteiger partial charge in [0.1, 0.15) is 5.82 Å². The largest absolute Gasteiger partial charge is 0.340 e. The first-order valence-corrected chi connectivity index (χ1v) is 11.5. The van der Waals surface area contributed by atoms with Crippen LogP contribution in [-0.2, 0) is 22.7 Å². The van der Waals surface area contributed by atoms with E-state index in [2.05, 4.69) is 39.9 Å². The molecule has 1 saturated heterocycles. The molecule has 0 saturated carbocycles. The summed E-state index contributed by atoms with van der Waals surface area (Å²) in [5.74, 6) is 1.11. The van der Waals surface area contributed by atoms with Gasteiger partial charge in [-0.25, -0.2) is 4.98 Å². The van der Waals surface area contributed by atoms with E-state index in [0.29, 0.717) is 45.6 Å². The van der Waals surface area contributed by atoms with E-state index in [0.717, 1.165) is 22.4 Å². The van der Waals surface area contributed by atoms with Gasteiger partial charge in [-0.3, -0.25) is 9.59 Å². The van der Waals surface area contributed by atoms with Crippen LogP contribution in [-0.4, -0.2) is 50.8 Å². The van der Waals surface area contributed by atoms with Crippen molar-refractivity contribution in [3.63, 3.8) is 0 Å². The Morgan fingerprint density at radius 3 is 2.61 bits per heavy atom. The van der Waals surface area contributed by atoms with Crippen LogP contribution >= 0.6 is 0 Å². The molecule has 4 aromatic rings. The minimum Gasteiger partial charge on any atom is -0.340 e. The molecule has 0 atom stereocenters. The lowest BCUT2D eigenvalue weighted by molar-refractivity contribution is -0.131. The molecular weight excluding hydrogens is 412 g/mol. The molecule has 2 amide bonds. The van der Waals surface area contributed by atoms with Gasteiger partial charge in [0.05, 0.1) is 11.0 Å². The normalized spacial score (nSPS) is 14.8. The average Bonchev–Trinajstić information content (AvgIpc) is 3.04. The molecular formula is C27H28N4O2. The lowest BCUT2D eigenvalue weighted by Gasteiger charge is -2.23. The maximum Gasteiger partial charge on any atom is 0.224 e. The molecule has 3 aromatic carbocycles. The van der Waals surface area contributed by atoms with Gasteiger partial charge in [0.2, 0.25) is 11.8 Å². The second-order valence-electron chi connectivity index (χ2n) is 8.68. The Balaban J connectivity index is 1.21. The molecule has 0 unspecified atom stereocenters. The number of para-hydroxylation sites is 2. The standard InChI is InChI=1S/C27H28N4O2/c1-20-28-24-8-4-5-9-25(24)31(20)15-13-26(32)29-14-12-27(33)30(17-16-29)19-21-10-11-22-6-2-3-7-23(22)18-21/h2-11,18H,12-17,19H2,1H3. The molecule has 168 valence electrons. The molecule has 0 spiro atoms. The Morgan fingerprint density at radius 1 is 0.939 bits per heavy atom. The van der Waals surface area contributed by atoms with Gasteiger partial charge in [-0.1, -0.05) is 48.5 Å². The number of hydrogen-bond acceptors (Lipinski definition) is 3.